The van der Waals surface area contributed by atoms with Gasteiger partial charge < -0.3 is 4.74 Å². The van der Waals surface area contributed by atoms with Crippen molar-refractivity contribution in [1.82, 2.24) is 9.80 Å². The van der Waals surface area contributed by atoms with Crippen LogP contribution < -0.4 is 0 Å². The summed E-state index contributed by atoms with van der Waals surface area (Å²) in [6.07, 6.45) is -4.03. The topological polar surface area (TPSA) is 49.9 Å². The highest BCUT2D eigenvalue weighted by Gasteiger charge is 2.47. The molecule has 2 aliphatic heterocycles. The molecule has 0 N–H and O–H groups in total. The van der Waals surface area contributed by atoms with Gasteiger partial charge in [-0.3, -0.25) is 19.4 Å². The zero-order valence-corrected chi connectivity index (χ0v) is 12.0. The highest BCUT2D eigenvalue weighted by atomic mass is 19.4. The van der Waals surface area contributed by atoms with Crippen molar-refractivity contribution < 1.29 is 27.5 Å². The number of nitrogens with zero attached hydrogens (tertiary/aromatic N) is 2. The van der Waals surface area contributed by atoms with Crippen molar-refractivity contribution in [2.24, 2.45) is 5.92 Å². The third-order valence-electron chi connectivity index (χ3n) is 4.22. The summed E-state index contributed by atoms with van der Waals surface area (Å²) < 4.78 is 42.6. The number of hydrogen-bond donors (Lipinski definition) is 0. The SMILES string of the molecule is CO[C@@H]1CN([C@@H]2CC(=O)N(CC(F)(F)F)C2=O)CC[C@@H]1C. The van der Waals surface area contributed by atoms with Crippen LogP contribution in [0, 0.1) is 5.92 Å². The maximum atomic E-state index is 12.4. The Bertz CT molecular complexity index is 427. The van der Waals surface area contributed by atoms with E-state index in [2.05, 4.69) is 0 Å². The first-order chi connectivity index (χ1) is 9.73. The lowest BCUT2D eigenvalue weighted by molar-refractivity contribution is -0.166. The van der Waals surface area contributed by atoms with Crippen LogP contribution >= 0.6 is 0 Å². The van der Waals surface area contributed by atoms with Gasteiger partial charge >= 0.3 is 6.18 Å². The zero-order chi connectivity index (χ0) is 15.8. The number of alkyl halides is 3. The van der Waals surface area contributed by atoms with Gasteiger partial charge in [-0.15, -0.1) is 0 Å². The molecule has 3 atom stereocenters. The number of carbonyl (C=O) groups excluding carboxylic acids is 2. The number of imide groups is 1. The molecule has 2 fully saturated rings. The molecule has 2 amide bonds. The van der Waals surface area contributed by atoms with Gasteiger partial charge in [-0.25, -0.2) is 0 Å². The number of ether oxygens (including phenoxy) is 1. The Morgan fingerprint density at radius 2 is 2.00 bits per heavy atom. The lowest BCUT2D eigenvalue weighted by Crippen LogP contribution is -2.51. The predicted molar refractivity (Wildman–Crippen MR) is 67.3 cm³/mol. The Hall–Kier alpha value is -1.15. The van der Waals surface area contributed by atoms with Gasteiger partial charge in [0.25, 0.3) is 0 Å². The van der Waals surface area contributed by atoms with Gasteiger partial charge in [0, 0.05) is 13.7 Å². The maximum absolute atomic E-state index is 12.4. The number of likely N-dealkylation sites (tertiary alicyclic amines) is 2. The Labute approximate surface area is 121 Å². The Morgan fingerprint density at radius 1 is 1.33 bits per heavy atom. The van der Waals surface area contributed by atoms with E-state index in [1.165, 1.54) is 0 Å². The minimum Gasteiger partial charge on any atom is -0.380 e. The summed E-state index contributed by atoms with van der Waals surface area (Å²) in [5.41, 5.74) is 0. The quantitative estimate of drug-likeness (QED) is 0.731. The summed E-state index contributed by atoms with van der Waals surface area (Å²) in [5.74, 6) is -1.18. The summed E-state index contributed by atoms with van der Waals surface area (Å²) in [6, 6.07) is -0.787. The van der Waals surface area contributed by atoms with Crippen LogP contribution in [0.4, 0.5) is 13.2 Å². The second kappa shape index (κ2) is 5.92. The van der Waals surface area contributed by atoms with Crippen molar-refractivity contribution in [3.8, 4) is 0 Å². The number of piperidine rings is 1. The molecule has 2 aliphatic rings. The second-order valence-corrected chi connectivity index (χ2v) is 5.69. The van der Waals surface area contributed by atoms with E-state index in [1.54, 1.807) is 12.0 Å². The fourth-order valence-electron chi connectivity index (χ4n) is 2.94. The number of amides is 2. The molecular weight excluding hydrogens is 289 g/mol. The van der Waals surface area contributed by atoms with Crippen LogP contribution in [0.3, 0.4) is 0 Å². The number of halogens is 3. The van der Waals surface area contributed by atoms with Crippen molar-refractivity contribution in [2.45, 2.75) is 38.1 Å². The van der Waals surface area contributed by atoms with Gasteiger partial charge in [0.1, 0.15) is 6.54 Å². The number of rotatable bonds is 3. The highest BCUT2D eigenvalue weighted by Crippen LogP contribution is 2.28. The largest absolute Gasteiger partial charge is 0.406 e. The number of methoxy groups -OCH3 is 1. The van der Waals surface area contributed by atoms with E-state index in [9.17, 15) is 22.8 Å². The van der Waals surface area contributed by atoms with Crippen LogP contribution in [0.1, 0.15) is 19.8 Å². The molecule has 120 valence electrons. The zero-order valence-electron chi connectivity index (χ0n) is 12.0. The summed E-state index contributed by atoms with van der Waals surface area (Å²) in [5, 5.41) is 0. The molecule has 0 unspecified atom stereocenters. The summed E-state index contributed by atoms with van der Waals surface area (Å²) in [7, 11) is 1.57. The standard InChI is InChI=1S/C13H19F3N2O3/c1-8-3-4-17(6-10(8)21-2)9-5-11(19)18(12(9)20)7-13(14,15)16/h8-10H,3-7H2,1-2H3/t8-,9+,10+/m0/s1. The molecule has 0 aromatic carbocycles. The Morgan fingerprint density at radius 3 is 2.57 bits per heavy atom. The number of carbonyl (C=O) groups is 2. The van der Waals surface area contributed by atoms with Crippen molar-refractivity contribution in [3.05, 3.63) is 0 Å². The van der Waals surface area contributed by atoms with E-state index in [-0.39, 0.29) is 12.5 Å². The summed E-state index contributed by atoms with van der Waals surface area (Å²) in [6.45, 7) is 1.58. The van der Waals surface area contributed by atoms with Gasteiger partial charge in [-0.1, -0.05) is 6.92 Å². The summed E-state index contributed by atoms with van der Waals surface area (Å²) in [4.78, 5) is 25.9. The Kier molecular flexibility index (Phi) is 4.57. The molecular formula is C13H19F3N2O3. The predicted octanol–water partition coefficient (Wildman–Crippen LogP) is 1.03. The minimum atomic E-state index is -4.56. The second-order valence-electron chi connectivity index (χ2n) is 5.69. The normalized spacial score (nSPS) is 32.0. The Balaban J connectivity index is 2.05. The first kappa shape index (κ1) is 16.2. The lowest BCUT2D eigenvalue weighted by Gasteiger charge is -2.38. The molecule has 2 rings (SSSR count). The summed E-state index contributed by atoms with van der Waals surface area (Å²) >= 11 is 0. The molecule has 0 aromatic heterocycles. The van der Waals surface area contributed by atoms with Gasteiger partial charge in [0.15, 0.2) is 0 Å². The third kappa shape index (κ3) is 3.55. The van der Waals surface area contributed by atoms with Crippen molar-refractivity contribution in [2.75, 3.05) is 26.7 Å². The smallest absolute Gasteiger partial charge is 0.380 e. The molecule has 5 nitrogen and oxygen atoms in total. The first-order valence-corrected chi connectivity index (χ1v) is 6.90. The van der Waals surface area contributed by atoms with Crippen molar-refractivity contribution in [3.63, 3.8) is 0 Å². The van der Waals surface area contributed by atoms with Crippen molar-refractivity contribution in [1.29, 1.82) is 0 Å². The average molecular weight is 308 g/mol. The monoisotopic (exact) mass is 308 g/mol. The molecule has 0 bridgehead atoms. The number of hydrogen-bond acceptors (Lipinski definition) is 4. The molecule has 0 radical (unpaired) electrons. The maximum Gasteiger partial charge on any atom is 0.406 e. The molecule has 2 saturated heterocycles. The van der Waals surface area contributed by atoms with Crippen LogP contribution in [-0.2, 0) is 14.3 Å². The first-order valence-electron chi connectivity index (χ1n) is 6.90. The van der Waals surface area contributed by atoms with Gasteiger partial charge in [0.05, 0.1) is 18.6 Å². The van der Waals surface area contributed by atoms with E-state index in [1.807, 2.05) is 6.92 Å². The van der Waals surface area contributed by atoms with Crippen LogP contribution in [0.15, 0.2) is 0 Å². The molecule has 8 heteroatoms. The van der Waals surface area contributed by atoms with E-state index in [4.69, 9.17) is 4.74 Å². The van der Waals surface area contributed by atoms with Crippen molar-refractivity contribution >= 4 is 11.8 Å². The van der Waals surface area contributed by atoms with E-state index in [0.29, 0.717) is 23.9 Å². The van der Waals surface area contributed by atoms with Crippen LogP contribution in [0.5, 0.6) is 0 Å². The molecule has 0 saturated carbocycles. The van der Waals surface area contributed by atoms with Crippen LogP contribution in [0.25, 0.3) is 0 Å². The fourth-order valence-corrected chi connectivity index (χ4v) is 2.94. The fraction of sp³-hybridized carbons (Fsp3) is 0.846. The molecule has 0 aliphatic carbocycles. The van der Waals surface area contributed by atoms with Gasteiger partial charge in [0.2, 0.25) is 11.8 Å². The minimum absolute atomic E-state index is 0.0710. The van der Waals surface area contributed by atoms with Crippen LogP contribution in [-0.4, -0.2) is 66.7 Å². The average Bonchev–Trinajstić information content (AvgIpc) is 2.66. The van der Waals surface area contributed by atoms with E-state index < -0.39 is 30.6 Å². The van der Waals surface area contributed by atoms with Gasteiger partial charge in [-0.2, -0.15) is 13.2 Å². The molecule has 2 heterocycles. The highest BCUT2D eigenvalue weighted by molar-refractivity contribution is 6.05. The molecule has 0 spiro atoms. The third-order valence-corrected chi connectivity index (χ3v) is 4.22. The van der Waals surface area contributed by atoms with Gasteiger partial charge in [-0.05, 0) is 18.9 Å². The van der Waals surface area contributed by atoms with E-state index in [0.717, 1.165) is 6.42 Å². The molecule has 21 heavy (non-hydrogen) atoms. The van der Waals surface area contributed by atoms with E-state index >= 15 is 0 Å². The molecule has 0 aromatic rings. The lowest BCUT2D eigenvalue weighted by atomic mass is 9.94. The van der Waals surface area contributed by atoms with Crippen LogP contribution in [0.2, 0.25) is 0 Å².